The van der Waals surface area contributed by atoms with E-state index in [4.69, 9.17) is 9.72 Å². The molecule has 1 N–H and O–H groups in total. The first kappa shape index (κ1) is 24.8. The van der Waals surface area contributed by atoms with Crippen molar-refractivity contribution in [1.29, 1.82) is 0 Å². The van der Waals surface area contributed by atoms with Gasteiger partial charge in [-0.3, -0.25) is 0 Å². The van der Waals surface area contributed by atoms with Crippen LogP contribution in [0.3, 0.4) is 0 Å². The van der Waals surface area contributed by atoms with Crippen LogP contribution < -0.4 is 15.0 Å². The number of methoxy groups -OCH3 is 1. The van der Waals surface area contributed by atoms with Crippen LogP contribution in [0.2, 0.25) is 0 Å². The van der Waals surface area contributed by atoms with Crippen molar-refractivity contribution < 1.29 is 4.74 Å². The molecule has 1 aromatic carbocycles. The molecule has 2 fully saturated rings. The van der Waals surface area contributed by atoms with Gasteiger partial charge in [-0.2, -0.15) is 0 Å². The van der Waals surface area contributed by atoms with E-state index in [-0.39, 0.29) is 0 Å². The van der Waals surface area contributed by atoms with Crippen molar-refractivity contribution in [3.05, 3.63) is 60.6 Å². The SMILES string of the molecule is COc1ccccc1C1SC(CNc2cc(-c3ccc(N(C)C4CCN(C)CC4)nc3)ncn2)[C@H]1C. The summed E-state index contributed by atoms with van der Waals surface area (Å²) in [6, 6.07) is 15.1. The third kappa shape index (κ3) is 5.30. The number of hydrogen-bond acceptors (Lipinski definition) is 8. The molecule has 0 bridgehead atoms. The van der Waals surface area contributed by atoms with Crippen LogP contribution in [0.5, 0.6) is 5.75 Å². The lowest BCUT2D eigenvalue weighted by molar-refractivity contribution is 0.252. The zero-order valence-electron chi connectivity index (χ0n) is 21.6. The molecule has 2 aliphatic rings. The first-order chi connectivity index (χ1) is 17.5. The summed E-state index contributed by atoms with van der Waals surface area (Å²) in [5.41, 5.74) is 3.17. The van der Waals surface area contributed by atoms with Crippen LogP contribution in [0.15, 0.2) is 55.0 Å². The van der Waals surface area contributed by atoms with Gasteiger partial charge in [-0.25, -0.2) is 15.0 Å². The normalized spacial score (nSPS) is 22.6. The number of nitrogens with zero attached hydrogens (tertiary/aromatic N) is 5. The molecule has 8 heteroatoms. The second-order valence-corrected chi connectivity index (χ2v) is 11.3. The zero-order valence-corrected chi connectivity index (χ0v) is 22.4. The Labute approximate surface area is 218 Å². The van der Waals surface area contributed by atoms with Gasteiger partial charge in [-0.05, 0) is 57.1 Å². The molecule has 0 amide bonds. The summed E-state index contributed by atoms with van der Waals surface area (Å²) in [5, 5.41) is 4.51. The molecule has 7 nitrogen and oxygen atoms in total. The van der Waals surface area contributed by atoms with Gasteiger partial charge in [-0.1, -0.05) is 25.1 Å². The number of nitrogens with one attached hydrogen (secondary N) is 1. The Morgan fingerprint density at radius 2 is 1.92 bits per heavy atom. The topological polar surface area (TPSA) is 66.4 Å². The van der Waals surface area contributed by atoms with E-state index in [1.807, 2.05) is 36.2 Å². The van der Waals surface area contributed by atoms with Crippen molar-refractivity contribution in [3.63, 3.8) is 0 Å². The average Bonchev–Trinajstić information content (AvgIpc) is 2.92. The molecule has 0 saturated carbocycles. The van der Waals surface area contributed by atoms with Gasteiger partial charge >= 0.3 is 0 Å². The van der Waals surface area contributed by atoms with Gasteiger partial charge in [0.15, 0.2) is 0 Å². The summed E-state index contributed by atoms with van der Waals surface area (Å²) < 4.78 is 5.57. The molecule has 190 valence electrons. The van der Waals surface area contributed by atoms with Crippen LogP contribution >= 0.6 is 11.8 Å². The Hall–Kier alpha value is -2.84. The smallest absolute Gasteiger partial charge is 0.129 e. The first-order valence-electron chi connectivity index (χ1n) is 12.8. The molecule has 5 rings (SSSR count). The monoisotopic (exact) mass is 504 g/mol. The van der Waals surface area contributed by atoms with Crippen molar-refractivity contribution in [2.75, 3.05) is 51.1 Å². The Morgan fingerprint density at radius 3 is 2.64 bits per heavy atom. The van der Waals surface area contributed by atoms with E-state index in [1.165, 1.54) is 18.4 Å². The maximum absolute atomic E-state index is 5.57. The summed E-state index contributed by atoms with van der Waals surface area (Å²) >= 11 is 2.00. The predicted octanol–water partition coefficient (Wildman–Crippen LogP) is 4.98. The van der Waals surface area contributed by atoms with Crippen LogP contribution in [-0.4, -0.2) is 72.0 Å². The number of aromatic nitrogens is 3. The van der Waals surface area contributed by atoms with E-state index in [9.17, 15) is 0 Å². The van der Waals surface area contributed by atoms with Gasteiger partial charge in [0.05, 0.1) is 12.8 Å². The van der Waals surface area contributed by atoms with Crippen molar-refractivity contribution in [3.8, 4) is 17.0 Å². The lowest BCUT2D eigenvalue weighted by Crippen LogP contribution is -2.42. The van der Waals surface area contributed by atoms with E-state index in [1.54, 1.807) is 13.4 Å². The Bertz CT molecular complexity index is 1150. The van der Waals surface area contributed by atoms with E-state index < -0.39 is 0 Å². The summed E-state index contributed by atoms with van der Waals surface area (Å²) in [6.45, 7) is 5.47. The van der Waals surface area contributed by atoms with Gasteiger partial charge in [0, 0.05) is 53.5 Å². The molecule has 2 aliphatic heterocycles. The Balaban J connectivity index is 1.18. The van der Waals surface area contributed by atoms with Gasteiger partial charge in [0.1, 0.15) is 23.7 Å². The number of thioether (sulfide) groups is 1. The molecule has 0 aliphatic carbocycles. The zero-order chi connectivity index (χ0) is 25.1. The van der Waals surface area contributed by atoms with E-state index in [2.05, 4.69) is 70.4 Å². The number of piperidine rings is 1. The van der Waals surface area contributed by atoms with Crippen LogP contribution in [0.4, 0.5) is 11.6 Å². The fourth-order valence-corrected chi connectivity index (χ4v) is 6.63. The number of pyridine rings is 1. The fraction of sp³-hybridized carbons (Fsp3) is 0.464. The third-order valence-corrected chi connectivity index (χ3v) is 9.55. The number of anilines is 2. The highest BCUT2D eigenvalue weighted by Crippen LogP contribution is 2.54. The Kier molecular flexibility index (Phi) is 7.62. The second kappa shape index (κ2) is 11.0. The highest BCUT2D eigenvalue weighted by Gasteiger charge is 2.40. The van der Waals surface area contributed by atoms with Crippen molar-refractivity contribution in [2.24, 2.45) is 5.92 Å². The van der Waals surface area contributed by atoms with Crippen molar-refractivity contribution >= 4 is 23.4 Å². The minimum absolute atomic E-state index is 0.464. The number of rotatable bonds is 8. The average molecular weight is 505 g/mol. The summed E-state index contributed by atoms with van der Waals surface area (Å²) in [5.74, 6) is 3.40. The molecule has 0 spiro atoms. The number of ether oxygens (including phenoxy) is 1. The fourth-order valence-electron chi connectivity index (χ4n) is 5.17. The van der Waals surface area contributed by atoms with Gasteiger partial charge < -0.3 is 19.9 Å². The lowest BCUT2D eigenvalue weighted by atomic mass is 9.94. The van der Waals surface area contributed by atoms with Crippen LogP contribution in [0, 0.1) is 5.92 Å². The largest absolute Gasteiger partial charge is 0.496 e. The molecule has 0 radical (unpaired) electrons. The first-order valence-corrected chi connectivity index (χ1v) is 13.7. The van der Waals surface area contributed by atoms with E-state index >= 15 is 0 Å². The van der Waals surface area contributed by atoms with E-state index in [0.717, 1.165) is 48.3 Å². The maximum atomic E-state index is 5.57. The van der Waals surface area contributed by atoms with Crippen molar-refractivity contribution in [1.82, 2.24) is 19.9 Å². The molecule has 4 heterocycles. The van der Waals surface area contributed by atoms with Crippen LogP contribution in [0.1, 0.15) is 30.6 Å². The minimum atomic E-state index is 0.464. The molecule has 3 aromatic rings. The second-order valence-electron chi connectivity index (χ2n) is 9.92. The quantitative estimate of drug-likeness (QED) is 0.461. The summed E-state index contributed by atoms with van der Waals surface area (Å²) in [6.07, 6.45) is 5.91. The van der Waals surface area contributed by atoms with Gasteiger partial charge in [-0.15, -0.1) is 11.8 Å². The molecular formula is C28H36N6OS. The highest BCUT2D eigenvalue weighted by molar-refractivity contribution is 8.01. The van der Waals surface area contributed by atoms with Crippen LogP contribution in [-0.2, 0) is 0 Å². The van der Waals surface area contributed by atoms with Gasteiger partial charge in [0.25, 0.3) is 0 Å². The molecular weight excluding hydrogens is 468 g/mol. The minimum Gasteiger partial charge on any atom is -0.496 e. The molecule has 2 aromatic heterocycles. The summed E-state index contributed by atoms with van der Waals surface area (Å²) in [7, 11) is 6.09. The molecule has 3 atom stereocenters. The van der Waals surface area contributed by atoms with Crippen molar-refractivity contribution in [2.45, 2.75) is 36.3 Å². The highest BCUT2D eigenvalue weighted by atomic mass is 32.2. The molecule has 2 unspecified atom stereocenters. The van der Waals surface area contributed by atoms with Crippen LogP contribution in [0.25, 0.3) is 11.3 Å². The molecule has 2 saturated heterocycles. The third-order valence-electron chi connectivity index (χ3n) is 7.62. The number of benzene rings is 1. The molecule has 36 heavy (non-hydrogen) atoms. The summed E-state index contributed by atoms with van der Waals surface area (Å²) in [4.78, 5) is 18.4. The van der Waals surface area contributed by atoms with E-state index in [0.29, 0.717) is 22.5 Å². The predicted molar refractivity (Wildman–Crippen MR) is 149 cm³/mol. The number of hydrogen-bond donors (Lipinski definition) is 1. The lowest BCUT2D eigenvalue weighted by Gasteiger charge is -2.43. The standard InChI is InChI=1S/C28H36N6OS/c1-19-25(36-28(19)22-7-5-6-8-24(22)35-4)17-29-26-15-23(31-18-32-26)20-9-10-27(30-16-20)34(3)21-11-13-33(2)14-12-21/h5-10,15-16,18-19,21,25,28H,11-14,17H2,1-4H3,(H,29,31,32)/t19-,25?,28?/m1/s1. The Morgan fingerprint density at radius 1 is 1.11 bits per heavy atom. The van der Waals surface area contributed by atoms with Gasteiger partial charge in [0.2, 0.25) is 0 Å². The maximum Gasteiger partial charge on any atom is 0.129 e. The number of likely N-dealkylation sites (tertiary alicyclic amines) is 1. The number of para-hydroxylation sites is 1.